The van der Waals surface area contributed by atoms with Crippen molar-refractivity contribution in [1.29, 1.82) is 0 Å². The zero-order chi connectivity index (χ0) is 19.3. The van der Waals surface area contributed by atoms with Gasteiger partial charge in [-0.05, 0) is 24.3 Å². The van der Waals surface area contributed by atoms with E-state index in [-0.39, 0.29) is 22.9 Å². The number of benzene rings is 1. The number of nitrogens with one attached hydrogen (secondary N) is 1. The van der Waals surface area contributed by atoms with Gasteiger partial charge in [0.2, 0.25) is 0 Å². The molecule has 0 fully saturated rings. The zero-order valence-electron chi connectivity index (χ0n) is 14.8. The average molecular weight is 363 g/mol. The van der Waals surface area contributed by atoms with Gasteiger partial charge in [-0.3, -0.25) is 24.3 Å². The third kappa shape index (κ3) is 2.53. The zero-order valence-corrected chi connectivity index (χ0v) is 14.8. The minimum absolute atomic E-state index is 0.00959. The van der Waals surface area contributed by atoms with Crippen LogP contribution in [-0.2, 0) is 0 Å². The molecule has 2 amide bonds. The summed E-state index contributed by atoms with van der Waals surface area (Å²) < 4.78 is 3.19. The number of hydrogen-bond acceptors (Lipinski definition) is 5. The maximum absolute atomic E-state index is 12.5. The van der Waals surface area contributed by atoms with Gasteiger partial charge >= 0.3 is 0 Å². The van der Waals surface area contributed by atoms with Gasteiger partial charge in [0.1, 0.15) is 11.6 Å². The van der Waals surface area contributed by atoms with Crippen LogP contribution in [0.1, 0.15) is 46.3 Å². The number of pyridine rings is 1. The SMILES string of the molecule is CC(C)c1nccn1-c1ccc(-n2c(N)c3c(cc2=O)C(=O)NC3=O)cc1. The fraction of sp³-hybridized carbons (Fsp3) is 0.158. The number of hydrogen-bond donors (Lipinski definition) is 2. The first kappa shape index (κ1) is 16.8. The Bertz CT molecular complexity index is 1140. The number of fused-ring (bicyclic) bond motifs is 1. The summed E-state index contributed by atoms with van der Waals surface area (Å²) in [4.78, 5) is 40.6. The molecule has 0 saturated carbocycles. The van der Waals surface area contributed by atoms with Crippen LogP contribution in [-0.4, -0.2) is 25.9 Å². The first-order chi connectivity index (χ1) is 12.9. The topological polar surface area (TPSA) is 112 Å². The molecule has 0 saturated heterocycles. The van der Waals surface area contributed by atoms with Crippen molar-refractivity contribution in [2.45, 2.75) is 19.8 Å². The van der Waals surface area contributed by atoms with Gasteiger partial charge in [-0.1, -0.05) is 13.8 Å². The van der Waals surface area contributed by atoms with Crippen LogP contribution >= 0.6 is 0 Å². The molecule has 3 aromatic rings. The van der Waals surface area contributed by atoms with Gasteiger partial charge in [0, 0.05) is 30.1 Å². The van der Waals surface area contributed by atoms with Crippen molar-refractivity contribution < 1.29 is 9.59 Å². The number of nitrogen functional groups attached to an aromatic ring is 1. The summed E-state index contributed by atoms with van der Waals surface area (Å²) >= 11 is 0. The minimum Gasteiger partial charge on any atom is -0.384 e. The van der Waals surface area contributed by atoms with Gasteiger partial charge in [-0.15, -0.1) is 0 Å². The summed E-state index contributed by atoms with van der Waals surface area (Å²) in [6, 6.07) is 8.28. The lowest BCUT2D eigenvalue weighted by atomic mass is 10.1. The Kier molecular flexibility index (Phi) is 3.69. The number of imidazole rings is 1. The molecule has 1 aliphatic rings. The molecule has 1 aliphatic heterocycles. The van der Waals surface area contributed by atoms with E-state index in [0.29, 0.717) is 5.69 Å². The minimum atomic E-state index is -0.609. The quantitative estimate of drug-likeness (QED) is 0.687. The Morgan fingerprint density at radius 1 is 1.04 bits per heavy atom. The van der Waals surface area contributed by atoms with Gasteiger partial charge < -0.3 is 10.3 Å². The van der Waals surface area contributed by atoms with Gasteiger partial charge in [0.05, 0.1) is 16.8 Å². The molecule has 0 radical (unpaired) electrons. The molecular weight excluding hydrogens is 346 g/mol. The summed E-state index contributed by atoms with van der Waals surface area (Å²) in [5, 5.41) is 2.15. The van der Waals surface area contributed by atoms with E-state index in [0.717, 1.165) is 17.6 Å². The molecule has 3 N–H and O–H groups in total. The third-order valence-corrected chi connectivity index (χ3v) is 4.53. The van der Waals surface area contributed by atoms with E-state index >= 15 is 0 Å². The number of rotatable bonds is 3. The summed E-state index contributed by atoms with van der Waals surface area (Å²) in [5.41, 5.74) is 7.00. The summed E-state index contributed by atoms with van der Waals surface area (Å²) in [6.45, 7) is 4.12. The average Bonchev–Trinajstić information content (AvgIpc) is 3.21. The van der Waals surface area contributed by atoms with Crippen LogP contribution in [0, 0.1) is 0 Å². The molecule has 1 aromatic carbocycles. The van der Waals surface area contributed by atoms with Crippen LogP contribution in [0.5, 0.6) is 0 Å². The monoisotopic (exact) mass is 363 g/mol. The van der Waals surface area contributed by atoms with Crippen LogP contribution in [0.25, 0.3) is 11.4 Å². The third-order valence-electron chi connectivity index (χ3n) is 4.53. The first-order valence-electron chi connectivity index (χ1n) is 8.43. The number of anilines is 1. The van der Waals surface area contributed by atoms with E-state index < -0.39 is 17.4 Å². The lowest BCUT2D eigenvalue weighted by Gasteiger charge is -2.14. The number of amides is 2. The molecule has 8 heteroatoms. The molecule has 0 aliphatic carbocycles. The van der Waals surface area contributed by atoms with Gasteiger partial charge in [0.15, 0.2) is 0 Å². The van der Waals surface area contributed by atoms with E-state index in [1.807, 2.05) is 22.9 Å². The van der Waals surface area contributed by atoms with E-state index in [1.165, 1.54) is 4.57 Å². The fourth-order valence-corrected chi connectivity index (χ4v) is 3.27. The predicted octanol–water partition coefficient (Wildman–Crippen LogP) is 1.61. The number of carbonyl (C=O) groups is 2. The highest BCUT2D eigenvalue weighted by Crippen LogP contribution is 2.24. The van der Waals surface area contributed by atoms with Crippen molar-refractivity contribution in [3.8, 4) is 11.4 Å². The molecule has 0 atom stereocenters. The Balaban J connectivity index is 1.81. The number of aromatic nitrogens is 3. The number of carbonyl (C=O) groups excluding carboxylic acids is 2. The molecule has 3 heterocycles. The lowest BCUT2D eigenvalue weighted by molar-refractivity contribution is 0.0880. The molecule has 0 unspecified atom stereocenters. The van der Waals surface area contributed by atoms with Crippen LogP contribution in [0.4, 0.5) is 5.82 Å². The van der Waals surface area contributed by atoms with Crippen molar-refractivity contribution in [2.75, 3.05) is 5.73 Å². The summed E-state index contributed by atoms with van der Waals surface area (Å²) in [5.74, 6) is -0.0857. The smallest absolute Gasteiger partial charge is 0.262 e. The van der Waals surface area contributed by atoms with Crippen molar-refractivity contribution >= 4 is 17.6 Å². The molecule has 8 nitrogen and oxygen atoms in total. The van der Waals surface area contributed by atoms with Crippen molar-refractivity contribution in [2.24, 2.45) is 0 Å². The highest BCUT2D eigenvalue weighted by Gasteiger charge is 2.31. The number of imide groups is 1. The molecule has 27 heavy (non-hydrogen) atoms. The van der Waals surface area contributed by atoms with Crippen LogP contribution in [0.3, 0.4) is 0 Å². The molecule has 0 bridgehead atoms. The number of nitrogens with zero attached hydrogens (tertiary/aromatic N) is 3. The normalized spacial score (nSPS) is 13.1. The van der Waals surface area contributed by atoms with Gasteiger partial charge in [-0.25, -0.2) is 4.98 Å². The van der Waals surface area contributed by atoms with Crippen molar-refractivity contribution in [1.82, 2.24) is 19.4 Å². The number of nitrogens with two attached hydrogens (primary N) is 1. The Morgan fingerprint density at radius 3 is 2.37 bits per heavy atom. The van der Waals surface area contributed by atoms with E-state index in [1.54, 1.807) is 18.3 Å². The van der Waals surface area contributed by atoms with Crippen LogP contribution in [0.15, 0.2) is 47.5 Å². The second kappa shape index (κ2) is 5.94. The highest BCUT2D eigenvalue weighted by atomic mass is 16.2. The Morgan fingerprint density at radius 2 is 1.70 bits per heavy atom. The molecular formula is C19H17N5O3. The standard InChI is InChI=1S/C19H17N5O3/c1-10(2)17-21-7-8-23(17)11-3-5-12(6-4-11)24-14(25)9-13-15(16(24)20)19(27)22-18(13)26/h3-10H,20H2,1-2H3,(H,22,26,27). The van der Waals surface area contributed by atoms with Crippen LogP contribution in [0.2, 0.25) is 0 Å². The first-order valence-corrected chi connectivity index (χ1v) is 8.43. The Labute approximate surface area is 154 Å². The maximum atomic E-state index is 12.5. The van der Waals surface area contributed by atoms with Gasteiger partial charge in [-0.2, -0.15) is 0 Å². The van der Waals surface area contributed by atoms with Gasteiger partial charge in [0.25, 0.3) is 17.4 Å². The van der Waals surface area contributed by atoms with E-state index in [4.69, 9.17) is 5.73 Å². The second-order valence-electron chi connectivity index (χ2n) is 6.60. The van der Waals surface area contributed by atoms with Crippen LogP contribution < -0.4 is 16.6 Å². The molecule has 0 spiro atoms. The molecule has 4 rings (SSSR count). The van der Waals surface area contributed by atoms with Crippen molar-refractivity contribution in [3.63, 3.8) is 0 Å². The Hall–Kier alpha value is -3.68. The lowest BCUT2D eigenvalue weighted by Crippen LogP contribution is -2.24. The van der Waals surface area contributed by atoms with E-state index in [9.17, 15) is 14.4 Å². The maximum Gasteiger partial charge on any atom is 0.262 e. The largest absolute Gasteiger partial charge is 0.384 e. The van der Waals surface area contributed by atoms with E-state index in [2.05, 4.69) is 24.1 Å². The second-order valence-corrected chi connectivity index (χ2v) is 6.60. The summed E-state index contributed by atoms with van der Waals surface area (Å²) in [6.07, 6.45) is 3.61. The molecule has 136 valence electrons. The molecule has 2 aromatic heterocycles. The highest BCUT2D eigenvalue weighted by molar-refractivity contribution is 6.23. The van der Waals surface area contributed by atoms with Crippen molar-refractivity contribution in [3.05, 3.63) is 70.0 Å². The fourth-order valence-electron chi connectivity index (χ4n) is 3.27. The predicted molar refractivity (Wildman–Crippen MR) is 99.5 cm³/mol. The summed E-state index contributed by atoms with van der Waals surface area (Å²) in [7, 11) is 0.